The fourth-order valence-electron chi connectivity index (χ4n) is 2.05. The summed E-state index contributed by atoms with van der Waals surface area (Å²) in [5.41, 5.74) is 0.546. The summed E-state index contributed by atoms with van der Waals surface area (Å²) >= 11 is 1.47. The quantitative estimate of drug-likeness (QED) is 0.743. The Morgan fingerprint density at radius 3 is 2.91 bits per heavy atom. The Kier molecular flexibility index (Phi) is 3.84. The van der Waals surface area contributed by atoms with Crippen molar-refractivity contribution in [2.24, 2.45) is 7.05 Å². The predicted octanol–water partition coefficient (Wildman–Crippen LogP) is 2.32. The highest BCUT2D eigenvalue weighted by molar-refractivity contribution is 7.99. The van der Waals surface area contributed by atoms with Gasteiger partial charge < -0.3 is 14.0 Å². The van der Waals surface area contributed by atoms with Crippen LogP contribution in [-0.4, -0.2) is 24.7 Å². The van der Waals surface area contributed by atoms with E-state index in [0.717, 1.165) is 5.16 Å². The third kappa shape index (κ3) is 2.82. The Morgan fingerprint density at radius 1 is 1.41 bits per heavy atom. The molecule has 3 rings (SSSR count). The Bertz CT molecular complexity index is 837. The van der Waals surface area contributed by atoms with Crippen LogP contribution >= 0.6 is 11.8 Å². The number of furan rings is 1. The van der Waals surface area contributed by atoms with Gasteiger partial charge in [0.1, 0.15) is 5.82 Å². The Morgan fingerprint density at radius 2 is 2.23 bits per heavy atom. The van der Waals surface area contributed by atoms with Crippen LogP contribution < -0.4 is 5.56 Å². The second-order valence-electron chi connectivity index (χ2n) is 4.87. The van der Waals surface area contributed by atoms with Crippen molar-refractivity contribution in [2.45, 2.75) is 24.3 Å². The van der Waals surface area contributed by atoms with Gasteiger partial charge in [-0.3, -0.25) is 4.79 Å². The molecule has 0 radical (unpaired) electrons. The summed E-state index contributed by atoms with van der Waals surface area (Å²) in [5.74, 6) is 1.94. The first-order valence-electron chi connectivity index (χ1n) is 6.72. The lowest BCUT2D eigenvalue weighted by Gasteiger charge is -2.10. The number of aryl methyl sites for hydroxylation is 1. The molecular weight excluding hydrogens is 302 g/mol. The van der Waals surface area contributed by atoms with E-state index in [9.17, 15) is 4.79 Å². The zero-order valence-electron chi connectivity index (χ0n) is 12.4. The summed E-state index contributed by atoms with van der Waals surface area (Å²) in [5, 5.41) is 8.99. The van der Waals surface area contributed by atoms with Gasteiger partial charge in [-0.1, -0.05) is 11.8 Å². The Balaban J connectivity index is 1.85. The van der Waals surface area contributed by atoms with Crippen LogP contribution in [0.2, 0.25) is 0 Å². The van der Waals surface area contributed by atoms with Crippen molar-refractivity contribution in [2.75, 3.05) is 0 Å². The lowest BCUT2D eigenvalue weighted by atomic mass is 10.4. The standard InChI is InChI=1S/C14H15N5O2S/c1-8-7-11(20)16-12(15-8)9(2)22-14-18-17-13(19(14)3)10-5-4-6-21-10/h4-7,9H,1-3H3,(H,15,16,20)/t9-/m0/s1. The predicted molar refractivity (Wildman–Crippen MR) is 82.6 cm³/mol. The van der Waals surface area contributed by atoms with E-state index in [0.29, 0.717) is 23.1 Å². The summed E-state index contributed by atoms with van der Waals surface area (Å²) in [6.45, 7) is 3.76. The molecule has 0 aliphatic heterocycles. The average molecular weight is 317 g/mol. The van der Waals surface area contributed by atoms with Crippen molar-refractivity contribution in [1.29, 1.82) is 0 Å². The lowest BCUT2D eigenvalue weighted by molar-refractivity contribution is 0.572. The number of nitrogens with one attached hydrogen (secondary N) is 1. The van der Waals surface area contributed by atoms with Gasteiger partial charge in [0, 0.05) is 18.8 Å². The summed E-state index contributed by atoms with van der Waals surface area (Å²) in [4.78, 5) is 18.7. The van der Waals surface area contributed by atoms with Crippen LogP contribution in [0.5, 0.6) is 0 Å². The molecule has 1 N–H and O–H groups in total. The monoisotopic (exact) mass is 317 g/mol. The van der Waals surface area contributed by atoms with E-state index in [2.05, 4.69) is 20.2 Å². The molecule has 0 unspecified atom stereocenters. The molecule has 0 saturated heterocycles. The normalized spacial score (nSPS) is 12.5. The minimum absolute atomic E-state index is 0.0556. The number of hydrogen-bond donors (Lipinski definition) is 1. The fraction of sp³-hybridized carbons (Fsp3) is 0.286. The second-order valence-corrected chi connectivity index (χ2v) is 6.18. The highest BCUT2D eigenvalue weighted by Crippen LogP contribution is 2.32. The maximum atomic E-state index is 11.5. The number of aromatic nitrogens is 5. The highest BCUT2D eigenvalue weighted by Gasteiger charge is 2.18. The molecule has 8 heteroatoms. The molecule has 1 atom stereocenters. The van der Waals surface area contributed by atoms with Gasteiger partial charge in [0.25, 0.3) is 5.56 Å². The molecule has 0 aliphatic rings. The summed E-state index contributed by atoms with van der Waals surface area (Å²) in [6, 6.07) is 5.11. The summed E-state index contributed by atoms with van der Waals surface area (Å²) < 4.78 is 7.20. The molecular formula is C14H15N5O2S. The van der Waals surface area contributed by atoms with Crippen molar-refractivity contribution in [3.63, 3.8) is 0 Å². The third-order valence-corrected chi connectivity index (χ3v) is 4.27. The van der Waals surface area contributed by atoms with Crippen LogP contribution in [-0.2, 0) is 7.05 Å². The largest absolute Gasteiger partial charge is 0.461 e. The molecule has 3 heterocycles. The van der Waals surface area contributed by atoms with E-state index < -0.39 is 0 Å². The molecule has 0 amide bonds. The topological polar surface area (TPSA) is 89.6 Å². The Labute approximate surface area is 130 Å². The molecule has 3 aromatic rings. The number of nitrogens with zero attached hydrogens (tertiary/aromatic N) is 4. The minimum atomic E-state index is -0.149. The molecule has 0 aliphatic carbocycles. The van der Waals surface area contributed by atoms with Crippen molar-refractivity contribution < 1.29 is 4.42 Å². The molecule has 0 fully saturated rings. The van der Waals surface area contributed by atoms with Gasteiger partial charge in [-0.05, 0) is 26.0 Å². The molecule has 0 saturated carbocycles. The van der Waals surface area contributed by atoms with Gasteiger partial charge >= 0.3 is 0 Å². The van der Waals surface area contributed by atoms with Crippen LogP contribution in [0.3, 0.4) is 0 Å². The molecule has 0 spiro atoms. The molecule has 114 valence electrons. The van der Waals surface area contributed by atoms with Gasteiger partial charge in [-0.15, -0.1) is 10.2 Å². The highest BCUT2D eigenvalue weighted by atomic mass is 32.2. The minimum Gasteiger partial charge on any atom is -0.461 e. The second kappa shape index (κ2) is 5.80. The van der Waals surface area contributed by atoms with Crippen LogP contribution in [0.25, 0.3) is 11.6 Å². The first-order valence-corrected chi connectivity index (χ1v) is 7.60. The molecule has 3 aromatic heterocycles. The average Bonchev–Trinajstić information content (AvgIpc) is 3.08. The molecule has 22 heavy (non-hydrogen) atoms. The van der Waals surface area contributed by atoms with Crippen molar-refractivity contribution in [1.82, 2.24) is 24.7 Å². The van der Waals surface area contributed by atoms with Crippen LogP contribution in [0.1, 0.15) is 23.7 Å². The van der Waals surface area contributed by atoms with Crippen molar-refractivity contribution in [3.05, 3.63) is 46.3 Å². The van der Waals surface area contributed by atoms with Gasteiger partial charge in [-0.25, -0.2) is 4.98 Å². The van der Waals surface area contributed by atoms with Crippen LogP contribution in [0.15, 0.2) is 38.8 Å². The van der Waals surface area contributed by atoms with Gasteiger partial charge in [0.15, 0.2) is 16.7 Å². The summed E-state index contributed by atoms with van der Waals surface area (Å²) in [6.07, 6.45) is 1.60. The fourth-order valence-corrected chi connectivity index (χ4v) is 2.92. The molecule has 0 aromatic carbocycles. The SMILES string of the molecule is Cc1cc(=O)[nH]c([C@H](C)Sc2nnc(-c3ccco3)n2C)n1. The number of thioether (sulfide) groups is 1. The Hall–Kier alpha value is -2.35. The third-order valence-electron chi connectivity index (χ3n) is 3.13. The smallest absolute Gasteiger partial charge is 0.251 e. The molecule has 7 nitrogen and oxygen atoms in total. The lowest BCUT2D eigenvalue weighted by Crippen LogP contribution is -2.12. The number of hydrogen-bond acceptors (Lipinski definition) is 6. The zero-order chi connectivity index (χ0) is 15.7. The first kappa shape index (κ1) is 14.6. The van der Waals surface area contributed by atoms with Crippen molar-refractivity contribution in [3.8, 4) is 11.6 Å². The van der Waals surface area contributed by atoms with E-state index in [1.54, 1.807) is 19.3 Å². The van der Waals surface area contributed by atoms with Gasteiger partial charge in [0.05, 0.1) is 11.5 Å². The van der Waals surface area contributed by atoms with E-state index in [1.165, 1.54) is 17.8 Å². The number of aromatic amines is 1. The van der Waals surface area contributed by atoms with Crippen LogP contribution in [0, 0.1) is 6.92 Å². The van der Waals surface area contributed by atoms with Crippen molar-refractivity contribution >= 4 is 11.8 Å². The van der Waals surface area contributed by atoms with Gasteiger partial charge in [0.2, 0.25) is 0 Å². The molecule has 0 bridgehead atoms. The van der Waals surface area contributed by atoms with E-state index in [1.807, 2.05) is 24.6 Å². The maximum Gasteiger partial charge on any atom is 0.251 e. The first-order chi connectivity index (χ1) is 10.5. The zero-order valence-corrected chi connectivity index (χ0v) is 13.2. The summed E-state index contributed by atoms with van der Waals surface area (Å²) in [7, 11) is 1.87. The van der Waals surface area contributed by atoms with E-state index in [-0.39, 0.29) is 10.8 Å². The number of H-pyrrole nitrogens is 1. The van der Waals surface area contributed by atoms with Gasteiger partial charge in [-0.2, -0.15) is 0 Å². The maximum absolute atomic E-state index is 11.5. The van der Waals surface area contributed by atoms with E-state index >= 15 is 0 Å². The number of rotatable bonds is 4. The van der Waals surface area contributed by atoms with E-state index in [4.69, 9.17) is 4.42 Å². The van der Waals surface area contributed by atoms with Crippen LogP contribution in [0.4, 0.5) is 0 Å².